The van der Waals surface area contributed by atoms with Gasteiger partial charge in [-0.05, 0) is 23.6 Å². The summed E-state index contributed by atoms with van der Waals surface area (Å²) >= 11 is 0. The number of nitrogens with zero attached hydrogens (tertiary/aromatic N) is 1. The third-order valence-electron chi connectivity index (χ3n) is 3.44. The maximum Gasteiger partial charge on any atom is 0.416 e. The molecule has 5 heteroatoms. The van der Waals surface area contributed by atoms with Crippen LogP contribution in [0.5, 0.6) is 0 Å². The van der Waals surface area contributed by atoms with Gasteiger partial charge in [-0.3, -0.25) is 4.79 Å². The summed E-state index contributed by atoms with van der Waals surface area (Å²) in [5, 5.41) is 0. The molecule has 0 N–H and O–H groups in total. The highest BCUT2D eigenvalue weighted by molar-refractivity contribution is 5.95. The van der Waals surface area contributed by atoms with Crippen molar-refractivity contribution in [2.45, 2.75) is 32.5 Å². The molecule has 2 aromatic rings. The first-order chi connectivity index (χ1) is 10.3. The van der Waals surface area contributed by atoms with Gasteiger partial charge in [0.15, 0.2) is 12.4 Å². The van der Waals surface area contributed by atoms with E-state index in [4.69, 9.17) is 0 Å². The van der Waals surface area contributed by atoms with E-state index in [1.165, 1.54) is 17.7 Å². The van der Waals surface area contributed by atoms with Gasteiger partial charge in [-0.2, -0.15) is 17.7 Å². The molecule has 1 aromatic carbocycles. The number of hydrogen-bond donors (Lipinski definition) is 0. The van der Waals surface area contributed by atoms with Gasteiger partial charge in [0.25, 0.3) is 0 Å². The van der Waals surface area contributed by atoms with E-state index >= 15 is 0 Å². The summed E-state index contributed by atoms with van der Waals surface area (Å²) in [5.41, 5.74) is 0.685. The Morgan fingerprint density at radius 2 is 1.59 bits per heavy atom. The van der Waals surface area contributed by atoms with Gasteiger partial charge in [0.05, 0.1) is 5.56 Å². The molecule has 0 aliphatic heterocycles. The summed E-state index contributed by atoms with van der Waals surface area (Å²) in [7, 11) is 0. The molecule has 1 aromatic heterocycles. The number of carbonyl (C=O) groups excluding carboxylic acids is 1. The number of halogens is 3. The Bertz CT molecular complexity index is 643. The average Bonchev–Trinajstić information content (AvgIpc) is 2.47. The van der Waals surface area contributed by atoms with Crippen molar-refractivity contribution in [1.29, 1.82) is 0 Å². The highest BCUT2D eigenvalue weighted by atomic mass is 19.4. The number of carbonyl (C=O) groups is 1. The first kappa shape index (κ1) is 16.2. The van der Waals surface area contributed by atoms with E-state index in [1.807, 2.05) is 12.1 Å². The Kier molecular flexibility index (Phi) is 4.64. The predicted molar refractivity (Wildman–Crippen MR) is 76.5 cm³/mol. The zero-order valence-electron chi connectivity index (χ0n) is 12.4. The van der Waals surface area contributed by atoms with Gasteiger partial charge in [-0.15, -0.1) is 0 Å². The van der Waals surface area contributed by atoms with Crippen LogP contribution in [-0.2, 0) is 12.7 Å². The van der Waals surface area contributed by atoms with Crippen LogP contribution in [0.3, 0.4) is 0 Å². The van der Waals surface area contributed by atoms with Gasteiger partial charge >= 0.3 is 6.18 Å². The molecule has 0 radical (unpaired) electrons. The zero-order chi connectivity index (χ0) is 16.3. The number of aromatic nitrogens is 1. The standard InChI is InChI=1S/C17H17F3NO/c1-12(2)13-7-9-21(10-8-13)11-16(22)14-3-5-15(6-4-14)17(18,19)20/h3-10,12H,11H2,1-2H3/q+1. The first-order valence-corrected chi connectivity index (χ1v) is 6.97. The van der Waals surface area contributed by atoms with E-state index in [-0.39, 0.29) is 17.9 Å². The smallest absolute Gasteiger partial charge is 0.287 e. The van der Waals surface area contributed by atoms with Crippen molar-refractivity contribution in [3.05, 3.63) is 65.5 Å². The number of Topliss-reactive ketones (excluding diaryl/α,β-unsaturated/α-hetero) is 1. The fourth-order valence-corrected chi connectivity index (χ4v) is 2.06. The molecule has 0 atom stereocenters. The second kappa shape index (κ2) is 6.30. The van der Waals surface area contributed by atoms with Gasteiger partial charge < -0.3 is 0 Å². The fourth-order valence-electron chi connectivity index (χ4n) is 2.06. The maximum absolute atomic E-state index is 12.5. The molecular formula is C17H17F3NO+. The minimum Gasteiger partial charge on any atom is -0.287 e. The summed E-state index contributed by atoms with van der Waals surface area (Å²) in [5.74, 6) is 0.177. The maximum atomic E-state index is 12.5. The molecular weight excluding hydrogens is 291 g/mol. The van der Waals surface area contributed by atoms with Gasteiger partial charge in [-0.25, -0.2) is 0 Å². The molecule has 0 unspecified atom stereocenters. The van der Waals surface area contributed by atoms with E-state index < -0.39 is 11.7 Å². The monoisotopic (exact) mass is 308 g/mol. The molecule has 2 nitrogen and oxygen atoms in total. The second-order valence-corrected chi connectivity index (χ2v) is 5.46. The number of ketones is 1. The van der Waals surface area contributed by atoms with Crippen molar-refractivity contribution in [1.82, 2.24) is 0 Å². The molecule has 116 valence electrons. The number of alkyl halides is 3. The van der Waals surface area contributed by atoms with Crippen LogP contribution in [0.15, 0.2) is 48.8 Å². The minimum absolute atomic E-state index is 0.101. The van der Waals surface area contributed by atoms with Gasteiger partial charge in [-0.1, -0.05) is 26.0 Å². The Balaban J connectivity index is 2.09. The predicted octanol–water partition coefficient (Wildman–Crippen LogP) is 4.00. The molecule has 1 heterocycles. The van der Waals surface area contributed by atoms with Gasteiger partial charge in [0, 0.05) is 17.7 Å². The Labute approximate surface area is 127 Å². The van der Waals surface area contributed by atoms with Crippen LogP contribution in [0.2, 0.25) is 0 Å². The van der Waals surface area contributed by atoms with E-state index in [9.17, 15) is 18.0 Å². The third kappa shape index (κ3) is 3.93. The van der Waals surface area contributed by atoms with Crippen molar-refractivity contribution in [3.63, 3.8) is 0 Å². The van der Waals surface area contributed by atoms with E-state index in [0.29, 0.717) is 5.92 Å². The van der Waals surface area contributed by atoms with Crippen LogP contribution in [0, 0.1) is 0 Å². The van der Waals surface area contributed by atoms with Crippen LogP contribution >= 0.6 is 0 Å². The number of pyridine rings is 1. The second-order valence-electron chi connectivity index (χ2n) is 5.46. The molecule has 0 amide bonds. The summed E-state index contributed by atoms with van der Waals surface area (Å²) in [6.07, 6.45) is -0.780. The number of benzene rings is 1. The lowest BCUT2D eigenvalue weighted by Gasteiger charge is -2.06. The largest absolute Gasteiger partial charge is 0.416 e. The average molecular weight is 308 g/mol. The lowest BCUT2D eigenvalue weighted by atomic mass is 10.1. The molecule has 0 saturated carbocycles. The number of hydrogen-bond acceptors (Lipinski definition) is 1. The SMILES string of the molecule is CC(C)c1cc[n+](CC(=O)c2ccc(C(F)(F)F)cc2)cc1. The molecule has 22 heavy (non-hydrogen) atoms. The lowest BCUT2D eigenvalue weighted by Crippen LogP contribution is -2.37. The number of rotatable bonds is 4. The first-order valence-electron chi connectivity index (χ1n) is 6.97. The third-order valence-corrected chi connectivity index (χ3v) is 3.44. The van der Waals surface area contributed by atoms with Crippen LogP contribution in [0.25, 0.3) is 0 Å². The molecule has 0 aliphatic carbocycles. The molecule has 0 aliphatic rings. The molecule has 0 bridgehead atoms. The van der Waals surface area contributed by atoms with Crippen molar-refractivity contribution in [3.8, 4) is 0 Å². The summed E-state index contributed by atoms with van der Waals surface area (Å²) < 4.78 is 39.2. The molecule has 0 fully saturated rings. The fraction of sp³-hybridized carbons (Fsp3) is 0.294. The van der Waals surface area contributed by atoms with Gasteiger partial charge in [0.1, 0.15) is 0 Å². The molecule has 0 spiro atoms. The highest BCUT2D eigenvalue weighted by Crippen LogP contribution is 2.29. The molecule has 0 saturated heterocycles. The normalized spacial score (nSPS) is 11.7. The minimum atomic E-state index is -4.39. The highest BCUT2D eigenvalue weighted by Gasteiger charge is 2.30. The lowest BCUT2D eigenvalue weighted by molar-refractivity contribution is -0.683. The van der Waals surface area contributed by atoms with Crippen molar-refractivity contribution >= 4 is 5.78 Å². The van der Waals surface area contributed by atoms with Crippen molar-refractivity contribution in [2.75, 3.05) is 0 Å². The Morgan fingerprint density at radius 3 is 2.05 bits per heavy atom. The van der Waals surface area contributed by atoms with Crippen LogP contribution < -0.4 is 4.57 Å². The summed E-state index contributed by atoms with van der Waals surface area (Å²) in [4.78, 5) is 12.1. The Morgan fingerprint density at radius 1 is 1.05 bits per heavy atom. The topological polar surface area (TPSA) is 20.9 Å². The van der Waals surface area contributed by atoms with Crippen LogP contribution in [0.4, 0.5) is 13.2 Å². The Hall–Kier alpha value is -2.17. The van der Waals surface area contributed by atoms with Crippen molar-refractivity contribution < 1.29 is 22.5 Å². The summed E-state index contributed by atoms with van der Waals surface area (Å²) in [6, 6.07) is 8.16. The van der Waals surface area contributed by atoms with Gasteiger partial charge in [0.2, 0.25) is 12.3 Å². The zero-order valence-corrected chi connectivity index (χ0v) is 12.4. The molecule has 2 rings (SSSR count). The van der Waals surface area contributed by atoms with Crippen molar-refractivity contribution in [2.24, 2.45) is 0 Å². The van der Waals surface area contributed by atoms with E-state index in [2.05, 4.69) is 13.8 Å². The van der Waals surface area contributed by atoms with Crippen LogP contribution in [0.1, 0.15) is 41.3 Å². The van der Waals surface area contributed by atoms with E-state index in [1.54, 1.807) is 17.0 Å². The van der Waals surface area contributed by atoms with Crippen LogP contribution in [-0.4, -0.2) is 5.78 Å². The quantitative estimate of drug-likeness (QED) is 0.618. The van der Waals surface area contributed by atoms with E-state index in [0.717, 1.165) is 12.1 Å². The summed E-state index contributed by atoms with van der Waals surface area (Å²) in [6.45, 7) is 4.25.